The van der Waals surface area contributed by atoms with Crippen LogP contribution in [0.3, 0.4) is 0 Å². The summed E-state index contributed by atoms with van der Waals surface area (Å²) in [6, 6.07) is 5.52. The molecule has 6 heteroatoms. The van der Waals surface area contributed by atoms with Gasteiger partial charge in [-0.2, -0.15) is 0 Å². The molecule has 0 aliphatic carbocycles. The maximum absolute atomic E-state index is 13.0. The van der Waals surface area contributed by atoms with Gasteiger partial charge in [-0.25, -0.2) is 9.37 Å². The van der Waals surface area contributed by atoms with Crippen LogP contribution >= 0.6 is 23.2 Å². The molecular weight excluding hydrogens is 264 g/mol. The van der Waals surface area contributed by atoms with Gasteiger partial charge in [-0.3, -0.25) is 0 Å². The van der Waals surface area contributed by atoms with Crippen LogP contribution in [0.5, 0.6) is 0 Å². The average Bonchev–Trinajstić information content (AvgIpc) is 2.27. The molecule has 0 spiro atoms. The molecule has 2 aromatic rings. The van der Waals surface area contributed by atoms with Crippen molar-refractivity contribution in [2.75, 3.05) is 11.1 Å². The van der Waals surface area contributed by atoms with Crippen LogP contribution in [-0.4, -0.2) is 4.98 Å². The molecule has 0 unspecified atom stereocenters. The highest BCUT2D eigenvalue weighted by molar-refractivity contribution is 6.34. The van der Waals surface area contributed by atoms with Gasteiger partial charge < -0.3 is 11.1 Å². The Hall–Kier alpha value is -1.52. The quantitative estimate of drug-likeness (QED) is 0.872. The number of aromatic nitrogens is 1. The summed E-state index contributed by atoms with van der Waals surface area (Å²) in [4.78, 5) is 3.99. The summed E-state index contributed by atoms with van der Waals surface area (Å²) in [5, 5.41) is 3.55. The number of nitrogen functional groups attached to an aromatic ring is 1. The van der Waals surface area contributed by atoms with Crippen molar-refractivity contribution in [1.82, 2.24) is 4.98 Å². The van der Waals surface area contributed by atoms with Gasteiger partial charge >= 0.3 is 0 Å². The molecule has 3 N–H and O–H groups in total. The lowest BCUT2D eigenvalue weighted by atomic mass is 10.3. The van der Waals surface area contributed by atoms with Gasteiger partial charge in [0.05, 0.1) is 27.6 Å². The molecule has 0 fully saturated rings. The Morgan fingerprint density at radius 1 is 1.18 bits per heavy atom. The van der Waals surface area contributed by atoms with E-state index in [0.717, 1.165) is 0 Å². The van der Waals surface area contributed by atoms with Crippen molar-refractivity contribution in [3.05, 3.63) is 46.3 Å². The predicted molar refractivity (Wildman–Crippen MR) is 68.4 cm³/mol. The molecule has 17 heavy (non-hydrogen) atoms. The highest BCUT2D eigenvalue weighted by Crippen LogP contribution is 2.29. The first-order valence-electron chi connectivity index (χ1n) is 4.69. The molecular formula is C11H8Cl2FN3. The number of nitrogens with one attached hydrogen (secondary N) is 1. The van der Waals surface area contributed by atoms with Crippen molar-refractivity contribution in [2.24, 2.45) is 0 Å². The molecule has 1 aromatic heterocycles. The average molecular weight is 272 g/mol. The summed E-state index contributed by atoms with van der Waals surface area (Å²) in [5.74, 6) is -0.0307. The third kappa shape index (κ3) is 2.78. The second kappa shape index (κ2) is 4.77. The zero-order valence-corrected chi connectivity index (χ0v) is 10.1. The SMILES string of the molecule is Nc1cnc(Nc2cc(F)ccc2Cl)c(Cl)c1. The normalized spacial score (nSPS) is 10.3. The largest absolute Gasteiger partial charge is 0.397 e. The summed E-state index contributed by atoms with van der Waals surface area (Å²) < 4.78 is 13.0. The lowest BCUT2D eigenvalue weighted by molar-refractivity contribution is 0.628. The van der Waals surface area contributed by atoms with E-state index in [2.05, 4.69) is 10.3 Å². The van der Waals surface area contributed by atoms with Crippen LogP contribution in [0.2, 0.25) is 10.0 Å². The minimum absolute atomic E-state index is 0.338. The van der Waals surface area contributed by atoms with E-state index < -0.39 is 5.82 Å². The fourth-order valence-electron chi connectivity index (χ4n) is 1.27. The van der Waals surface area contributed by atoms with E-state index in [4.69, 9.17) is 28.9 Å². The highest BCUT2D eigenvalue weighted by atomic mass is 35.5. The summed E-state index contributed by atoms with van der Waals surface area (Å²) in [6.07, 6.45) is 1.45. The number of hydrogen-bond donors (Lipinski definition) is 2. The fraction of sp³-hybridized carbons (Fsp3) is 0. The van der Waals surface area contributed by atoms with E-state index in [-0.39, 0.29) is 0 Å². The number of rotatable bonds is 2. The van der Waals surface area contributed by atoms with Crippen molar-refractivity contribution in [1.29, 1.82) is 0 Å². The summed E-state index contributed by atoms with van der Waals surface area (Å²) >= 11 is 11.8. The van der Waals surface area contributed by atoms with E-state index in [1.54, 1.807) is 6.07 Å². The number of nitrogens with two attached hydrogens (primary N) is 1. The van der Waals surface area contributed by atoms with Crippen LogP contribution in [0, 0.1) is 5.82 Å². The summed E-state index contributed by atoms with van der Waals surface area (Å²) in [6.45, 7) is 0. The molecule has 1 heterocycles. The molecule has 0 saturated carbocycles. The van der Waals surface area contributed by atoms with Gasteiger partial charge in [0, 0.05) is 0 Å². The lowest BCUT2D eigenvalue weighted by Crippen LogP contribution is -1.97. The van der Waals surface area contributed by atoms with Crippen LogP contribution in [-0.2, 0) is 0 Å². The summed E-state index contributed by atoms with van der Waals surface area (Å²) in [5.41, 5.74) is 6.36. The van der Waals surface area contributed by atoms with Gasteiger partial charge in [-0.15, -0.1) is 0 Å². The number of hydrogen-bond acceptors (Lipinski definition) is 3. The van der Waals surface area contributed by atoms with Gasteiger partial charge in [0.2, 0.25) is 0 Å². The zero-order valence-electron chi connectivity index (χ0n) is 8.55. The fourth-order valence-corrected chi connectivity index (χ4v) is 1.65. The van der Waals surface area contributed by atoms with Crippen LogP contribution in [0.4, 0.5) is 21.6 Å². The number of halogens is 3. The molecule has 0 radical (unpaired) electrons. The van der Waals surface area contributed by atoms with Crippen LogP contribution in [0.1, 0.15) is 0 Å². The zero-order chi connectivity index (χ0) is 12.4. The highest BCUT2D eigenvalue weighted by Gasteiger charge is 2.06. The summed E-state index contributed by atoms with van der Waals surface area (Å²) in [7, 11) is 0. The topological polar surface area (TPSA) is 50.9 Å². The Morgan fingerprint density at radius 2 is 1.94 bits per heavy atom. The monoisotopic (exact) mass is 271 g/mol. The maximum atomic E-state index is 13.0. The van der Waals surface area contributed by atoms with Crippen LogP contribution in [0.25, 0.3) is 0 Å². The maximum Gasteiger partial charge on any atom is 0.149 e. The van der Waals surface area contributed by atoms with Gasteiger partial charge in [0.1, 0.15) is 11.6 Å². The third-order valence-corrected chi connectivity index (χ3v) is 2.66. The van der Waals surface area contributed by atoms with Gasteiger partial charge in [-0.05, 0) is 24.3 Å². The number of benzene rings is 1. The van der Waals surface area contributed by atoms with Gasteiger partial charge in [0.15, 0.2) is 0 Å². The molecule has 3 nitrogen and oxygen atoms in total. The van der Waals surface area contributed by atoms with Crippen molar-refractivity contribution in [3.8, 4) is 0 Å². The van der Waals surface area contributed by atoms with Gasteiger partial charge in [0.25, 0.3) is 0 Å². The molecule has 0 bridgehead atoms. The first-order chi connectivity index (χ1) is 8.06. The molecule has 0 atom stereocenters. The van der Waals surface area contributed by atoms with Crippen molar-refractivity contribution in [2.45, 2.75) is 0 Å². The Balaban J connectivity index is 2.34. The lowest BCUT2D eigenvalue weighted by Gasteiger charge is -2.09. The Bertz CT molecular complexity index is 560. The predicted octanol–water partition coefficient (Wildman–Crippen LogP) is 3.85. The van der Waals surface area contributed by atoms with Gasteiger partial charge in [-0.1, -0.05) is 23.2 Å². The minimum Gasteiger partial charge on any atom is -0.397 e. The first-order valence-corrected chi connectivity index (χ1v) is 5.45. The molecule has 1 aromatic carbocycles. The van der Waals surface area contributed by atoms with E-state index in [0.29, 0.717) is 27.2 Å². The Labute approximate surface area is 107 Å². The standard InChI is InChI=1S/C11H8Cl2FN3/c12-8-2-1-6(14)3-10(8)17-11-9(13)4-7(15)5-16-11/h1-5H,15H2,(H,16,17). The molecule has 0 aliphatic heterocycles. The van der Waals surface area contributed by atoms with E-state index in [1.807, 2.05) is 0 Å². The third-order valence-electron chi connectivity index (χ3n) is 2.04. The molecule has 0 aliphatic rings. The van der Waals surface area contributed by atoms with Crippen molar-refractivity contribution in [3.63, 3.8) is 0 Å². The molecule has 88 valence electrons. The Kier molecular flexibility index (Phi) is 3.36. The second-order valence-electron chi connectivity index (χ2n) is 3.35. The van der Waals surface area contributed by atoms with E-state index >= 15 is 0 Å². The molecule has 0 amide bonds. The Morgan fingerprint density at radius 3 is 2.65 bits per heavy atom. The second-order valence-corrected chi connectivity index (χ2v) is 4.16. The van der Waals surface area contributed by atoms with Crippen molar-refractivity contribution >= 4 is 40.4 Å². The van der Waals surface area contributed by atoms with E-state index in [1.165, 1.54) is 24.4 Å². The number of pyridine rings is 1. The first kappa shape index (κ1) is 12.0. The smallest absolute Gasteiger partial charge is 0.149 e. The minimum atomic E-state index is -0.400. The van der Waals surface area contributed by atoms with E-state index in [9.17, 15) is 4.39 Å². The molecule has 2 rings (SSSR count). The molecule has 0 saturated heterocycles. The number of nitrogens with zero attached hydrogens (tertiary/aromatic N) is 1. The van der Waals surface area contributed by atoms with Crippen molar-refractivity contribution < 1.29 is 4.39 Å². The van der Waals surface area contributed by atoms with Crippen LogP contribution in [0.15, 0.2) is 30.5 Å². The van der Waals surface area contributed by atoms with Crippen LogP contribution < -0.4 is 11.1 Å². The number of anilines is 3.